The number of carbonyl (C=O) groups is 1. The molecule has 0 saturated heterocycles. The number of allylic oxidation sites excluding steroid dienone is 5. The molecular formula is C16H17FO2. The van der Waals surface area contributed by atoms with Crippen molar-refractivity contribution in [3.63, 3.8) is 0 Å². The molecular weight excluding hydrogens is 243 g/mol. The van der Waals surface area contributed by atoms with Crippen LogP contribution in [0.3, 0.4) is 0 Å². The van der Waals surface area contributed by atoms with E-state index >= 15 is 0 Å². The summed E-state index contributed by atoms with van der Waals surface area (Å²) in [5.41, 5.74) is 1.21. The van der Waals surface area contributed by atoms with Gasteiger partial charge in [-0.05, 0) is 37.6 Å². The van der Waals surface area contributed by atoms with Gasteiger partial charge in [-0.1, -0.05) is 24.8 Å². The third-order valence-corrected chi connectivity index (χ3v) is 2.73. The van der Waals surface area contributed by atoms with Crippen molar-refractivity contribution in [2.75, 3.05) is 7.11 Å². The Morgan fingerprint density at radius 1 is 1.32 bits per heavy atom. The largest absolute Gasteiger partial charge is 0.497 e. The zero-order valence-corrected chi connectivity index (χ0v) is 11.4. The van der Waals surface area contributed by atoms with Gasteiger partial charge >= 0.3 is 0 Å². The van der Waals surface area contributed by atoms with E-state index in [0.717, 1.165) is 0 Å². The Balaban J connectivity index is 2.98. The highest BCUT2D eigenvalue weighted by Crippen LogP contribution is 2.25. The molecule has 3 heteroatoms. The number of ether oxygens (including phenoxy) is 1. The van der Waals surface area contributed by atoms with E-state index in [1.54, 1.807) is 44.4 Å². The highest BCUT2D eigenvalue weighted by atomic mass is 19.1. The van der Waals surface area contributed by atoms with Crippen LogP contribution in [0, 0.1) is 0 Å². The molecule has 0 N–H and O–H groups in total. The van der Waals surface area contributed by atoms with Crippen molar-refractivity contribution in [3.8, 4) is 5.75 Å². The molecule has 0 aliphatic heterocycles. The van der Waals surface area contributed by atoms with Gasteiger partial charge in [0, 0.05) is 11.1 Å². The summed E-state index contributed by atoms with van der Waals surface area (Å²) in [5.74, 6) is -0.00698. The SMILES string of the molecule is C=C(/C(F)=C\C(=C/C)C(C)=O)c1ccc(OC)cc1. The molecule has 0 amide bonds. The van der Waals surface area contributed by atoms with Gasteiger partial charge in [0.1, 0.15) is 11.6 Å². The predicted octanol–water partition coefficient (Wildman–Crippen LogP) is 4.10. The fourth-order valence-corrected chi connectivity index (χ4v) is 1.54. The molecule has 0 bridgehead atoms. The second-order valence-corrected chi connectivity index (χ2v) is 4.00. The van der Waals surface area contributed by atoms with Crippen LogP contribution in [0.2, 0.25) is 0 Å². The third kappa shape index (κ3) is 3.91. The van der Waals surface area contributed by atoms with Gasteiger partial charge in [-0.3, -0.25) is 4.79 Å². The maximum absolute atomic E-state index is 14.0. The van der Waals surface area contributed by atoms with Crippen LogP contribution >= 0.6 is 0 Å². The van der Waals surface area contributed by atoms with Crippen molar-refractivity contribution in [1.29, 1.82) is 0 Å². The van der Waals surface area contributed by atoms with Gasteiger partial charge in [0.25, 0.3) is 0 Å². The number of halogens is 1. The van der Waals surface area contributed by atoms with Crippen LogP contribution in [0.1, 0.15) is 19.4 Å². The van der Waals surface area contributed by atoms with Crippen molar-refractivity contribution in [2.45, 2.75) is 13.8 Å². The minimum atomic E-state index is -0.520. The number of ketones is 1. The van der Waals surface area contributed by atoms with E-state index in [-0.39, 0.29) is 11.4 Å². The fourth-order valence-electron chi connectivity index (χ4n) is 1.54. The zero-order chi connectivity index (χ0) is 14.4. The van der Waals surface area contributed by atoms with Crippen LogP contribution in [-0.4, -0.2) is 12.9 Å². The molecule has 0 saturated carbocycles. The van der Waals surface area contributed by atoms with Crippen molar-refractivity contribution in [2.24, 2.45) is 0 Å². The Bertz CT molecular complexity index is 536. The van der Waals surface area contributed by atoms with Crippen LogP contribution in [0.5, 0.6) is 5.75 Å². The summed E-state index contributed by atoms with van der Waals surface area (Å²) in [6, 6.07) is 6.90. The van der Waals surface area contributed by atoms with Crippen molar-refractivity contribution in [3.05, 3.63) is 60.0 Å². The number of rotatable bonds is 5. The number of carbonyl (C=O) groups excluding carboxylic acids is 1. The van der Waals surface area contributed by atoms with Crippen molar-refractivity contribution >= 4 is 11.4 Å². The monoisotopic (exact) mass is 260 g/mol. The van der Waals surface area contributed by atoms with E-state index in [2.05, 4.69) is 6.58 Å². The van der Waals surface area contributed by atoms with Crippen LogP contribution in [0.15, 0.2) is 54.4 Å². The second kappa shape index (κ2) is 6.69. The molecule has 0 unspecified atom stereocenters. The van der Waals surface area contributed by atoms with E-state index in [1.165, 1.54) is 13.0 Å². The quantitative estimate of drug-likeness (QED) is 0.588. The van der Waals surface area contributed by atoms with Gasteiger partial charge < -0.3 is 4.74 Å². The van der Waals surface area contributed by atoms with Gasteiger partial charge in [-0.25, -0.2) is 4.39 Å². The molecule has 0 aromatic heterocycles. The minimum absolute atomic E-state index is 0.180. The molecule has 2 nitrogen and oxygen atoms in total. The molecule has 1 rings (SSSR count). The van der Waals surface area contributed by atoms with Crippen molar-refractivity contribution < 1.29 is 13.9 Å². The average Bonchev–Trinajstić information content (AvgIpc) is 2.43. The summed E-state index contributed by atoms with van der Waals surface area (Å²) >= 11 is 0. The Labute approximate surface area is 112 Å². The summed E-state index contributed by atoms with van der Waals surface area (Å²) in [4.78, 5) is 11.2. The summed E-state index contributed by atoms with van der Waals surface area (Å²) < 4.78 is 19.0. The lowest BCUT2D eigenvalue weighted by molar-refractivity contribution is -0.113. The predicted molar refractivity (Wildman–Crippen MR) is 75.7 cm³/mol. The van der Waals surface area contributed by atoms with Gasteiger partial charge in [0.05, 0.1) is 7.11 Å². The van der Waals surface area contributed by atoms with Crippen molar-refractivity contribution in [1.82, 2.24) is 0 Å². The summed E-state index contributed by atoms with van der Waals surface area (Å²) in [7, 11) is 1.56. The Kier molecular flexibility index (Phi) is 5.24. The van der Waals surface area contributed by atoms with E-state index < -0.39 is 5.83 Å². The van der Waals surface area contributed by atoms with Crippen LogP contribution in [0.25, 0.3) is 5.57 Å². The smallest absolute Gasteiger partial charge is 0.159 e. The first-order chi connectivity index (χ1) is 8.99. The van der Waals surface area contributed by atoms with E-state index in [0.29, 0.717) is 16.9 Å². The maximum Gasteiger partial charge on any atom is 0.159 e. The third-order valence-electron chi connectivity index (χ3n) is 2.73. The number of benzene rings is 1. The Morgan fingerprint density at radius 2 is 1.89 bits per heavy atom. The van der Waals surface area contributed by atoms with Gasteiger partial charge in [-0.15, -0.1) is 0 Å². The second-order valence-electron chi connectivity index (χ2n) is 4.00. The highest BCUT2D eigenvalue weighted by molar-refractivity contribution is 5.97. The number of Topliss-reactive ketones (excluding diaryl/α,β-unsaturated/α-hetero) is 1. The van der Waals surface area contributed by atoms with Crippen LogP contribution < -0.4 is 4.74 Å². The molecule has 0 aliphatic rings. The maximum atomic E-state index is 14.0. The molecule has 0 aliphatic carbocycles. The Hall–Kier alpha value is -2.16. The van der Waals surface area contributed by atoms with Gasteiger partial charge in [0.15, 0.2) is 5.78 Å². The molecule has 0 radical (unpaired) electrons. The van der Waals surface area contributed by atoms with E-state index in [9.17, 15) is 9.18 Å². The first-order valence-electron chi connectivity index (χ1n) is 5.87. The summed E-state index contributed by atoms with van der Waals surface area (Å²) in [5, 5.41) is 0. The van der Waals surface area contributed by atoms with Gasteiger partial charge in [0.2, 0.25) is 0 Å². The van der Waals surface area contributed by atoms with Crippen LogP contribution in [-0.2, 0) is 4.79 Å². The molecule has 0 fully saturated rings. The molecule has 0 heterocycles. The molecule has 19 heavy (non-hydrogen) atoms. The molecule has 0 spiro atoms. The molecule has 0 atom stereocenters. The Morgan fingerprint density at radius 3 is 2.32 bits per heavy atom. The highest BCUT2D eigenvalue weighted by Gasteiger charge is 2.08. The minimum Gasteiger partial charge on any atom is -0.497 e. The van der Waals surface area contributed by atoms with Crippen LogP contribution in [0.4, 0.5) is 4.39 Å². The molecule has 1 aromatic rings. The zero-order valence-electron chi connectivity index (χ0n) is 11.4. The lowest BCUT2D eigenvalue weighted by Crippen LogP contribution is -1.94. The number of hydrogen-bond donors (Lipinski definition) is 0. The number of hydrogen-bond acceptors (Lipinski definition) is 2. The fraction of sp³-hybridized carbons (Fsp3) is 0.188. The van der Waals surface area contributed by atoms with E-state index in [1.807, 2.05) is 0 Å². The normalized spacial score (nSPS) is 12.2. The molecule has 100 valence electrons. The first kappa shape index (κ1) is 14.9. The molecule has 1 aromatic carbocycles. The first-order valence-corrected chi connectivity index (χ1v) is 5.87. The van der Waals surface area contributed by atoms with Gasteiger partial charge in [-0.2, -0.15) is 0 Å². The lowest BCUT2D eigenvalue weighted by atomic mass is 10.0. The summed E-state index contributed by atoms with van der Waals surface area (Å²) in [6.45, 7) is 6.79. The average molecular weight is 260 g/mol. The van der Waals surface area contributed by atoms with E-state index in [4.69, 9.17) is 4.74 Å². The topological polar surface area (TPSA) is 26.3 Å². The lowest BCUT2D eigenvalue weighted by Gasteiger charge is -2.06. The number of methoxy groups -OCH3 is 1. The summed E-state index contributed by atoms with van der Waals surface area (Å²) in [6.07, 6.45) is 2.78. The standard InChI is InChI=1S/C16H17FO2/c1-5-13(12(3)18)10-16(17)11(2)14-6-8-15(19-4)9-7-14/h5-10H,2H2,1,3-4H3/b13-5+,16-10+.